The standard InChI is InChI=1S/C15H14N2O2S/c1-10(18)17-14(15-6-3-7-20-15)9-13(16-17)11-4-2-5-12(19)8-11/h2-8,14,19H,9H2,1H3/t14-/m0/s1. The van der Waals surface area contributed by atoms with Crippen molar-refractivity contribution in [2.24, 2.45) is 5.10 Å². The van der Waals surface area contributed by atoms with E-state index in [-0.39, 0.29) is 17.7 Å². The Morgan fingerprint density at radius 1 is 1.40 bits per heavy atom. The van der Waals surface area contributed by atoms with Gasteiger partial charge in [0.25, 0.3) is 0 Å². The number of hydrogen-bond acceptors (Lipinski definition) is 4. The molecule has 0 unspecified atom stereocenters. The van der Waals surface area contributed by atoms with Gasteiger partial charge in [-0.2, -0.15) is 5.10 Å². The maximum absolute atomic E-state index is 11.8. The zero-order valence-corrected chi connectivity index (χ0v) is 11.8. The van der Waals surface area contributed by atoms with Crippen LogP contribution in [0.25, 0.3) is 0 Å². The van der Waals surface area contributed by atoms with Gasteiger partial charge in [-0.05, 0) is 23.6 Å². The van der Waals surface area contributed by atoms with E-state index in [9.17, 15) is 9.90 Å². The van der Waals surface area contributed by atoms with E-state index in [0.717, 1.165) is 16.2 Å². The summed E-state index contributed by atoms with van der Waals surface area (Å²) < 4.78 is 0. The Bertz CT molecular complexity index is 664. The molecular formula is C15H14N2O2S. The van der Waals surface area contributed by atoms with Crippen molar-refractivity contribution in [1.29, 1.82) is 0 Å². The number of hydrazone groups is 1. The highest BCUT2D eigenvalue weighted by atomic mass is 32.1. The third kappa shape index (κ3) is 2.32. The van der Waals surface area contributed by atoms with Crippen LogP contribution in [0.2, 0.25) is 0 Å². The second-order valence-corrected chi connectivity index (χ2v) is 5.68. The fourth-order valence-corrected chi connectivity index (χ4v) is 3.17. The predicted octanol–water partition coefficient (Wildman–Crippen LogP) is 3.15. The summed E-state index contributed by atoms with van der Waals surface area (Å²) >= 11 is 1.63. The normalized spacial score (nSPS) is 18.1. The fraction of sp³-hybridized carbons (Fsp3) is 0.200. The zero-order valence-electron chi connectivity index (χ0n) is 11.0. The topological polar surface area (TPSA) is 52.9 Å². The van der Waals surface area contributed by atoms with Crippen molar-refractivity contribution in [3.05, 3.63) is 52.2 Å². The number of nitrogens with zero attached hydrogens (tertiary/aromatic N) is 2. The number of benzene rings is 1. The van der Waals surface area contributed by atoms with Crippen LogP contribution < -0.4 is 0 Å². The molecule has 1 aliphatic rings. The highest BCUT2D eigenvalue weighted by molar-refractivity contribution is 7.10. The summed E-state index contributed by atoms with van der Waals surface area (Å²) in [6, 6.07) is 10.9. The number of carbonyl (C=O) groups is 1. The lowest BCUT2D eigenvalue weighted by molar-refractivity contribution is -0.130. The maximum Gasteiger partial charge on any atom is 0.240 e. The van der Waals surface area contributed by atoms with Gasteiger partial charge in [0.05, 0.1) is 11.8 Å². The molecule has 1 aromatic heterocycles. The van der Waals surface area contributed by atoms with E-state index in [4.69, 9.17) is 0 Å². The summed E-state index contributed by atoms with van der Waals surface area (Å²) in [7, 11) is 0. The Morgan fingerprint density at radius 3 is 2.90 bits per heavy atom. The van der Waals surface area contributed by atoms with Gasteiger partial charge in [0.2, 0.25) is 5.91 Å². The molecule has 0 spiro atoms. The third-order valence-electron chi connectivity index (χ3n) is 3.28. The molecule has 3 rings (SSSR count). The van der Waals surface area contributed by atoms with E-state index in [1.807, 2.05) is 23.6 Å². The third-order valence-corrected chi connectivity index (χ3v) is 4.26. The van der Waals surface area contributed by atoms with Crippen molar-refractivity contribution in [3.8, 4) is 5.75 Å². The fourth-order valence-electron chi connectivity index (χ4n) is 2.36. The summed E-state index contributed by atoms with van der Waals surface area (Å²) in [6.07, 6.45) is 0.670. The highest BCUT2D eigenvalue weighted by Crippen LogP contribution is 2.35. The molecule has 4 nitrogen and oxygen atoms in total. The van der Waals surface area contributed by atoms with Crippen LogP contribution in [0.3, 0.4) is 0 Å². The number of aromatic hydroxyl groups is 1. The monoisotopic (exact) mass is 286 g/mol. The second-order valence-electron chi connectivity index (χ2n) is 4.70. The van der Waals surface area contributed by atoms with Crippen LogP contribution in [0.15, 0.2) is 46.9 Å². The quantitative estimate of drug-likeness (QED) is 0.922. The summed E-state index contributed by atoms with van der Waals surface area (Å²) in [5.41, 5.74) is 1.69. The van der Waals surface area contributed by atoms with Gasteiger partial charge in [-0.25, -0.2) is 5.01 Å². The number of rotatable bonds is 2. The van der Waals surface area contributed by atoms with Crippen LogP contribution >= 0.6 is 11.3 Å². The smallest absolute Gasteiger partial charge is 0.240 e. The van der Waals surface area contributed by atoms with Crippen molar-refractivity contribution in [2.45, 2.75) is 19.4 Å². The molecule has 2 aromatic rings. The van der Waals surface area contributed by atoms with Gasteiger partial charge < -0.3 is 5.11 Å². The Labute approximate surface area is 121 Å². The lowest BCUT2D eigenvalue weighted by atomic mass is 10.0. The predicted molar refractivity (Wildman–Crippen MR) is 78.8 cm³/mol. The minimum Gasteiger partial charge on any atom is -0.508 e. The van der Waals surface area contributed by atoms with Crippen LogP contribution in [-0.2, 0) is 4.79 Å². The Balaban J connectivity index is 1.95. The average Bonchev–Trinajstić information content (AvgIpc) is 3.08. The summed E-state index contributed by atoms with van der Waals surface area (Å²) in [6.45, 7) is 1.52. The Kier molecular flexibility index (Phi) is 3.28. The van der Waals surface area contributed by atoms with Gasteiger partial charge in [0.1, 0.15) is 5.75 Å². The van der Waals surface area contributed by atoms with E-state index in [2.05, 4.69) is 5.10 Å². The van der Waals surface area contributed by atoms with Crippen molar-refractivity contribution in [2.75, 3.05) is 0 Å². The van der Waals surface area contributed by atoms with Crippen molar-refractivity contribution < 1.29 is 9.90 Å². The van der Waals surface area contributed by atoms with Crippen LogP contribution in [0.4, 0.5) is 0 Å². The molecule has 0 radical (unpaired) electrons. The maximum atomic E-state index is 11.8. The van der Waals surface area contributed by atoms with Gasteiger partial charge >= 0.3 is 0 Å². The lowest BCUT2D eigenvalue weighted by Crippen LogP contribution is -2.23. The second kappa shape index (κ2) is 5.09. The molecule has 1 atom stereocenters. The summed E-state index contributed by atoms with van der Waals surface area (Å²) in [5, 5.41) is 17.5. The number of amides is 1. The first-order chi connectivity index (χ1) is 9.65. The molecule has 1 amide bonds. The van der Waals surface area contributed by atoms with Gasteiger partial charge in [0, 0.05) is 23.8 Å². The molecular weight excluding hydrogens is 272 g/mol. The van der Waals surface area contributed by atoms with Crippen molar-refractivity contribution in [3.63, 3.8) is 0 Å². The molecule has 2 heterocycles. The first kappa shape index (κ1) is 12.9. The zero-order chi connectivity index (χ0) is 14.1. The van der Waals surface area contributed by atoms with E-state index in [0.29, 0.717) is 6.42 Å². The van der Waals surface area contributed by atoms with Crippen molar-refractivity contribution >= 4 is 23.0 Å². The van der Waals surface area contributed by atoms with Crippen LogP contribution in [0.5, 0.6) is 5.75 Å². The van der Waals surface area contributed by atoms with Gasteiger partial charge in [-0.1, -0.05) is 18.2 Å². The van der Waals surface area contributed by atoms with Gasteiger partial charge in [-0.15, -0.1) is 11.3 Å². The van der Waals surface area contributed by atoms with Crippen LogP contribution in [0, 0.1) is 0 Å². The molecule has 0 aliphatic carbocycles. The molecule has 0 bridgehead atoms. The molecule has 0 fully saturated rings. The molecule has 0 saturated carbocycles. The van der Waals surface area contributed by atoms with Crippen LogP contribution in [-0.4, -0.2) is 21.7 Å². The first-order valence-electron chi connectivity index (χ1n) is 6.35. The van der Waals surface area contributed by atoms with E-state index in [1.54, 1.807) is 29.5 Å². The summed E-state index contributed by atoms with van der Waals surface area (Å²) in [4.78, 5) is 12.9. The molecule has 5 heteroatoms. The summed E-state index contributed by atoms with van der Waals surface area (Å²) in [5.74, 6) is 0.137. The molecule has 0 saturated heterocycles. The molecule has 1 aliphatic heterocycles. The average molecular weight is 286 g/mol. The highest BCUT2D eigenvalue weighted by Gasteiger charge is 2.31. The number of phenolic OH excluding ortho intramolecular Hbond substituents is 1. The van der Waals surface area contributed by atoms with E-state index in [1.165, 1.54) is 11.9 Å². The molecule has 102 valence electrons. The largest absolute Gasteiger partial charge is 0.508 e. The van der Waals surface area contributed by atoms with Crippen molar-refractivity contribution in [1.82, 2.24) is 5.01 Å². The number of carbonyl (C=O) groups excluding carboxylic acids is 1. The minimum absolute atomic E-state index is 0.0372. The Morgan fingerprint density at radius 2 is 2.25 bits per heavy atom. The first-order valence-corrected chi connectivity index (χ1v) is 7.23. The number of thiophene rings is 1. The number of hydrogen-bond donors (Lipinski definition) is 1. The van der Waals surface area contributed by atoms with Gasteiger partial charge in [0.15, 0.2) is 0 Å². The Hall–Kier alpha value is -2.14. The molecule has 1 N–H and O–H groups in total. The molecule has 1 aromatic carbocycles. The van der Waals surface area contributed by atoms with E-state index >= 15 is 0 Å². The minimum atomic E-state index is -0.0708. The molecule has 20 heavy (non-hydrogen) atoms. The lowest BCUT2D eigenvalue weighted by Gasteiger charge is -2.18. The SMILES string of the molecule is CC(=O)N1N=C(c2cccc(O)c2)C[C@H]1c1cccs1. The van der Waals surface area contributed by atoms with Crippen LogP contribution in [0.1, 0.15) is 29.8 Å². The number of phenols is 1. The van der Waals surface area contributed by atoms with E-state index < -0.39 is 0 Å². The van der Waals surface area contributed by atoms with Gasteiger partial charge in [-0.3, -0.25) is 4.79 Å².